The van der Waals surface area contributed by atoms with Crippen molar-refractivity contribution in [2.45, 2.75) is 19.1 Å². The highest BCUT2D eigenvalue weighted by Gasteiger charge is 2.51. The van der Waals surface area contributed by atoms with Crippen LogP contribution in [0.25, 0.3) is 0 Å². The zero-order valence-electron chi connectivity index (χ0n) is 15.2. The van der Waals surface area contributed by atoms with E-state index in [0.717, 1.165) is 5.56 Å². The summed E-state index contributed by atoms with van der Waals surface area (Å²) in [6, 6.07) is 13.2. The van der Waals surface area contributed by atoms with Gasteiger partial charge in [0.2, 0.25) is 6.10 Å². The normalized spacial score (nSPS) is 18.5. The van der Waals surface area contributed by atoms with E-state index in [9.17, 15) is 14.4 Å². The number of carbonyl (C=O) groups excluding carboxylic acids is 3. The molecule has 0 radical (unpaired) electrons. The third kappa shape index (κ3) is 3.48. The SMILES string of the molecule is COC(=O)c1ccc([C@@H]2[C@H](OC(C)=O)C(=O)N2c2ccc(OC)cc2)cc1. The Balaban J connectivity index is 1.93. The molecule has 7 heteroatoms. The van der Waals surface area contributed by atoms with Crippen LogP contribution in [0.4, 0.5) is 5.69 Å². The summed E-state index contributed by atoms with van der Waals surface area (Å²) in [5, 5.41) is 0. The van der Waals surface area contributed by atoms with Crippen molar-refractivity contribution in [3.05, 3.63) is 59.7 Å². The van der Waals surface area contributed by atoms with Crippen LogP contribution in [0.2, 0.25) is 0 Å². The lowest BCUT2D eigenvalue weighted by molar-refractivity contribution is -0.160. The molecule has 0 aliphatic carbocycles. The van der Waals surface area contributed by atoms with E-state index >= 15 is 0 Å². The van der Waals surface area contributed by atoms with Gasteiger partial charge in [0, 0.05) is 12.6 Å². The van der Waals surface area contributed by atoms with Gasteiger partial charge in [-0.25, -0.2) is 4.79 Å². The zero-order valence-corrected chi connectivity index (χ0v) is 15.2. The quantitative estimate of drug-likeness (QED) is 0.595. The van der Waals surface area contributed by atoms with Gasteiger partial charge in [-0.2, -0.15) is 0 Å². The van der Waals surface area contributed by atoms with Crippen LogP contribution in [-0.2, 0) is 19.1 Å². The summed E-state index contributed by atoms with van der Waals surface area (Å²) in [4.78, 5) is 37.2. The van der Waals surface area contributed by atoms with Gasteiger partial charge in [0.15, 0.2) is 0 Å². The predicted molar refractivity (Wildman–Crippen MR) is 96.6 cm³/mol. The van der Waals surface area contributed by atoms with Crippen LogP contribution < -0.4 is 9.64 Å². The van der Waals surface area contributed by atoms with Crippen LogP contribution in [0, 0.1) is 0 Å². The molecule has 1 fully saturated rings. The Kier molecular flexibility index (Phi) is 5.12. The summed E-state index contributed by atoms with van der Waals surface area (Å²) < 4.78 is 15.1. The van der Waals surface area contributed by atoms with Gasteiger partial charge in [-0.15, -0.1) is 0 Å². The van der Waals surface area contributed by atoms with E-state index in [0.29, 0.717) is 17.0 Å². The van der Waals surface area contributed by atoms with E-state index in [4.69, 9.17) is 14.2 Å². The summed E-state index contributed by atoms with van der Waals surface area (Å²) in [7, 11) is 2.87. The number of carbonyl (C=O) groups is 3. The molecule has 0 bridgehead atoms. The monoisotopic (exact) mass is 369 g/mol. The molecule has 3 rings (SSSR count). The molecule has 0 N–H and O–H groups in total. The number of anilines is 1. The Morgan fingerprint density at radius 1 is 0.963 bits per heavy atom. The molecule has 27 heavy (non-hydrogen) atoms. The Bertz CT molecular complexity index is 859. The number of hydrogen-bond acceptors (Lipinski definition) is 6. The van der Waals surface area contributed by atoms with Gasteiger partial charge >= 0.3 is 11.9 Å². The summed E-state index contributed by atoms with van der Waals surface area (Å²) in [5.41, 5.74) is 1.79. The number of benzene rings is 2. The van der Waals surface area contributed by atoms with Crippen LogP contribution in [0.5, 0.6) is 5.75 Å². The molecule has 1 aliphatic rings. The van der Waals surface area contributed by atoms with E-state index in [2.05, 4.69) is 0 Å². The molecule has 1 aliphatic heterocycles. The van der Waals surface area contributed by atoms with Crippen LogP contribution in [0.3, 0.4) is 0 Å². The maximum atomic E-state index is 12.6. The standard InChI is InChI=1S/C20H19NO6/c1-12(22)27-18-17(13-4-6-14(7-5-13)20(24)26-3)21(19(18)23)15-8-10-16(25-2)11-9-15/h4-11,17-18H,1-3H3/t17-,18+/m1/s1. The average Bonchev–Trinajstić information content (AvgIpc) is 2.69. The first kappa shape index (κ1) is 18.4. The molecule has 1 heterocycles. The smallest absolute Gasteiger partial charge is 0.337 e. The number of hydrogen-bond donors (Lipinski definition) is 0. The van der Waals surface area contributed by atoms with Crippen LogP contribution in [0.15, 0.2) is 48.5 Å². The molecular formula is C20H19NO6. The second-order valence-corrected chi connectivity index (χ2v) is 5.99. The van der Waals surface area contributed by atoms with Crippen molar-refractivity contribution in [3.8, 4) is 5.75 Å². The molecular weight excluding hydrogens is 350 g/mol. The predicted octanol–water partition coefficient (Wildman–Crippen LogP) is 2.50. The number of methoxy groups -OCH3 is 2. The first-order chi connectivity index (χ1) is 13.0. The highest BCUT2D eigenvalue weighted by atomic mass is 16.6. The number of nitrogens with zero attached hydrogens (tertiary/aromatic N) is 1. The van der Waals surface area contributed by atoms with Crippen LogP contribution in [-0.4, -0.2) is 38.2 Å². The third-order valence-electron chi connectivity index (χ3n) is 4.36. The van der Waals surface area contributed by atoms with Crippen molar-refractivity contribution in [1.29, 1.82) is 0 Å². The van der Waals surface area contributed by atoms with Gasteiger partial charge in [-0.05, 0) is 42.0 Å². The Morgan fingerprint density at radius 3 is 2.11 bits per heavy atom. The zero-order chi connectivity index (χ0) is 19.6. The molecule has 2 aromatic carbocycles. The fourth-order valence-electron chi connectivity index (χ4n) is 3.04. The van der Waals surface area contributed by atoms with Gasteiger partial charge < -0.3 is 14.2 Å². The largest absolute Gasteiger partial charge is 0.497 e. The second-order valence-electron chi connectivity index (χ2n) is 5.99. The van der Waals surface area contributed by atoms with Gasteiger partial charge in [-0.3, -0.25) is 14.5 Å². The number of esters is 2. The van der Waals surface area contributed by atoms with E-state index < -0.39 is 24.1 Å². The Labute approximate surface area is 156 Å². The van der Waals surface area contributed by atoms with Crippen molar-refractivity contribution >= 4 is 23.5 Å². The van der Waals surface area contributed by atoms with Gasteiger partial charge in [-0.1, -0.05) is 12.1 Å². The highest BCUT2D eigenvalue weighted by molar-refractivity contribution is 6.06. The number of ether oxygens (including phenoxy) is 3. The molecule has 2 atom stereocenters. The van der Waals surface area contributed by atoms with Crippen LogP contribution in [0.1, 0.15) is 28.9 Å². The van der Waals surface area contributed by atoms with Crippen molar-refractivity contribution in [2.75, 3.05) is 19.1 Å². The topological polar surface area (TPSA) is 82.1 Å². The Hall–Kier alpha value is -3.35. The number of β-lactam (4-membered cyclic amide) rings is 1. The van der Waals surface area contributed by atoms with E-state index in [-0.39, 0.29) is 5.91 Å². The molecule has 0 unspecified atom stereocenters. The summed E-state index contributed by atoms with van der Waals surface area (Å²) in [6.07, 6.45) is -0.909. The second kappa shape index (κ2) is 7.49. The minimum absolute atomic E-state index is 0.308. The summed E-state index contributed by atoms with van der Waals surface area (Å²) in [6.45, 7) is 1.26. The third-order valence-corrected chi connectivity index (χ3v) is 4.36. The highest BCUT2D eigenvalue weighted by Crippen LogP contribution is 2.41. The lowest BCUT2D eigenvalue weighted by Crippen LogP contribution is -2.60. The van der Waals surface area contributed by atoms with E-state index in [1.807, 2.05) is 0 Å². The lowest BCUT2D eigenvalue weighted by Gasteiger charge is -2.46. The number of amides is 1. The van der Waals surface area contributed by atoms with Crippen molar-refractivity contribution in [2.24, 2.45) is 0 Å². The minimum atomic E-state index is -0.909. The van der Waals surface area contributed by atoms with Gasteiger partial charge in [0.25, 0.3) is 5.91 Å². The fraction of sp³-hybridized carbons (Fsp3) is 0.250. The molecule has 1 saturated heterocycles. The minimum Gasteiger partial charge on any atom is -0.497 e. The fourth-order valence-corrected chi connectivity index (χ4v) is 3.04. The van der Waals surface area contributed by atoms with Crippen molar-refractivity contribution in [3.63, 3.8) is 0 Å². The number of rotatable bonds is 5. The van der Waals surface area contributed by atoms with Crippen molar-refractivity contribution < 1.29 is 28.6 Å². The molecule has 0 saturated carbocycles. The molecule has 140 valence electrons. The van der Waals surface area contributed by atoms with E-state index in [1.165, 1.54) is 14.0 Å². The molecule has 2 aromatic rings. The summed E-state index contributed by atoms with van der Waals surface area (Å²) >= 11 is 0. The first-order valence-electron chi connectivity index (χ1n) is 8.29. The lowest BCUT2D eigenvalue weighted by atomic mass is 9.89. The maximum absolute atomic E-state index is 12.6. The summed E-state index contributed by atoms with van der Waals surface area (Å²) in [5.74, 6) is -0.617. The average molecular weight is 369 g/mol. The maximum Gasteiger partial charge on any atom is 0.337 e. The van der Waals surface area contributed by atoms with Crippen LogP contribution >= 0.6 is 0 Å². The first-order valence-corrected chi connectivity index (χ1v) is 8.29. The van der Waals surface area contributed by atoms with Gasteiger partial charge in [0.05, 0.1) is 19.8 Å². The molecule has 0 aromatic heterocycles. The molecule has 1 amide bonds. The van der Waals surface area contributed by atoms with Gasteiger partial charge in [0.1, 0.15) is 11.8 Å². The molecule has 0 spiro atoms. The Morgan fingerprint density at radius 2 is 1.59 bits per heavy atom. The van der Waals surface area contributed by atoms with E-state index in [1.54, 1.807) is 60.5 Å². The molecule has 7 nitrogen and oxygen atoms in total. The van der Waals surface area contributed by atoms with Crippen molar-refractivity contribution in [1.82, 2.24) is 0 Å².